The van der Waals surface area contributed by atoms with E-state index in [9.17, 15) is 15.0 Å². The quantitative estimate of drug-likeness (QED) is 0.481. The Morgan fingerprint density at radius 1 is 0.875 bits per heavy atom. The topological polar surface area (TPSA) is 85.2 Å². The zero-order valence-corrected chi connectivity index (χ0v) is 13.6. The zero-order valence-electron chi connectivity index (χ0n) is 13.6. The van der Waals surface area contributed by atoms with Gasteiger partial charge in [0.2, 0.25) is 17.2 Å². The molecule has 0 amide bonds. The van der Waals surface area contributed by atoms with Crippen LogP contribution in [0.15, 0.2) is 36.4 Å². The molecule has 0 radical (unpaired) electrons. The number of carbonyl (C=O) groups is 1. The smallest absolute Gasteiger partial charge is 0.211 e. The molecular weight excluding hydrogens is 312 g/mol. The highest BCUT2D eigenvalue weighted by Crippen LogP contribution is 2.52. The molecule has 0 aliphatic carbocycles. The van der Waals surface area contributed by atoms with Gasteiger partial charge in [-0.15, -0.1) is 0 Å². The van der Waals surface area contributed by atoms with Crippen LogP contribution >= 0.6 is 0 Å². The molecule has 2 N–H and O–H groups in total. The summed E-state index contributed by atoms with van der Waals surface area (Å²) in [5.41, 5.74) is 0.605. The fraction of sp³-hybridized carbons (Fsp3) is 0.167. The Labute approximate surface area is 139 Å². The van der Waals surface area contributed by atoms with Crippen molar-refractivity contribution in [2.75, 3.05) is 21.3 Å². The van der Waals surface area contributed by atoms with Gasteiger partial charge in [-0.05, 0) is 12.2 Å². The van der Waals surface area contributed by atoms with Gasteiger partial charge in [0, 0.05) is 5.56 Å². The van der Waals surface area contributed by atoms with Crippen molar-refractivity contribution in [3.05, 3.63) is 47.5 Å². The minimum absolute atomic E-state index is 0.0257. The number of benzene rings is 2. The Bertz CT molecular complexity index is 765. The fourth-order valence-electron chi connectivity index (χ4n) is 2.27. The number of carbonyl (C=O) groups excluding carboxylic acids is 1. The molecule has 0 spiro atoms. The molecule has 0 fully saturated rings. The van der Waals surface area contributed by atoms with Gasteiger partial charge in [-0.1, -0.05) is 30.3 Å². The summed E-state index contributed by atoms with van der Waals surface area (Å²) in [6.07, 6.45) is 2.63. The van der Waals surface area contributed by atoms with Gasteiger partial charge in [0.25, 0.3) is 0 Å². The first-order valence-electron chi connectivity index (χ1n) is 7.06. The lowest BCUT2D eigenvalue weighted by atomic mass is 10.1. The third-order valence-electron chi connectivity index (χ3n) is 3.42. The van der Waals surface area contributed by atoms with Crippen molar-refractivity contribution < 1.29 is 29.2 Å². The third kappa shape index (κ3) is 3.12. The van der Waals surface area contributed by atoms with E-state index in [0.29, 0.717) is 5.56 Å². The molecule has 2 aromatic carbocycles. The maximum Gasteiger partial charge on any atom is 0.211 e. The SMILES string of the molecule is COc1c(O)c(OC)c(OC)c(O)c1/C=C/C(=O)c1ccccc1. The lowest BCUT2D eigenvalue weighted by Gasteiger charge is -2.16. The molecule has 0 heterocycles. The van der Waals surface area contributed by atoms with Crippen LogP contribution in [0.3, 0.4) is 0 Å². The largest absolute Gasteiger partial charge is 0.504 e. The van der Waals surface area contributed by atoms with E-state index in [0.717, 1.165) is 0 Å². The van der Waals surface area contributed by atoms with Crippen LogP contribution in [0.4, 0.5) is 0 Å². The van der Waals surface area contributed by atoms with Crippen LogP contribution in [0.25, 0.3) is 6.08 Å². The molecule has 6 nitrogen and oxygen atoms in total. The first-order valence-corrected chi connectivity index (χ1v) is 7.06. The minimum Gasteiger partial charge on any atom is -0.504 e. The van der Waals surface area contributed by atoms with Gasteiger partial charge >= 0.3 is 0 Å². The van der Waals surface area contributed by atoms with Gasteiger partial charge in [-0.25, -0.2) is 0 Å². The molecule has 2 aromatic rings. The second kappa shape index (κ2) is 7.41. The first-order chi connectivity index (χ1) is 11.5. The van der Waals surface area contributed by atoms with Gasteiger partial charge in [-0.3, -0.25) is 4.79 Å². The summed E-state index contributed by atoms with van der Waals surface area (Å²) >= 11 is 0. The van der Waals surface area contributed by atoms with Crippen molar-refractivity contribution in [3.63, 3.8) is 0 Å². The Morgan fingerprint density at radius 2 is 1.42 bits per heavy atom. The third-order valence-corrected chi connectivity index (χ3v) is 3.42. The number of aromatic hydroxyl groups is 2. The molecule has 6 heteroatoms. The maximum atomic E-state index is 12.2. The van der Waals surface area contributed by atoms with E-state index in [1.54, 1.807) is 24.3 Å². The average Bonchev–Trinajstić information content (AvgIpc) is 2.61. The lowest BCUT2D eigenvalue weighted by Crippen LogP contribution is -1.98. The lowest BCUT2D eigenvalue weighted by molar-refractivity contribution is 0.104. The Balaban J connectivity index is 2.52. The van der Waals surface area contributed by atoms with Crippen molar-refractivity contribution in [2.24, 2.45) is 0 Å². The monoisotopic (exact) mass is 330 g/mol. The molecule has 0 bridgehead atoms. The van der Waals surface area contributed by atoms with Gasteiger partial charge in [0.1, 0.15) is 0 Å². The molecule has 0 unspecified atom stereocenters. The summed E-state index contributed by atoms with van der Waals surface area (Å²) in [6, 6.07) is 8.66. The van der Waals surface area contributed by atoms with Crippen LogP contribution in [-0.2, 0) is 0 Å². The summed E-state index contributed by atoms with van der Waals surface area (Å²) in [6.45, 7) is 0. The summed E-state index contributed by atoms with van der Waals surface area (Å²) in [5, 5.41) is 20.6. The standard InChI is InChI=1S/C18H18O6/c1-22-16-12(9-10-13(19)11-7-5-4-6-8-11)14(20)17(23-2)18(24-3)15(16)21/h4-10,20-21H,1-3H3/b10-9+. The average molecular weight is 330 g/mol. The number of hydrogen-bond acceptors (Lipinski definition) is 6. The van der Waals surface area contributed by atoms with Crippen LogP contribution in [0, 0.1) is 0 Å². The van der Waals surface area contributed by atoms with Crippen LogP contribution in [0.1, 0.15) is 15.9 Å². The number of ketones is 1. The predicted molar refractivity (Wildman–Crippen MR) is 89.2 cm³/mol. The van der Waals surface area contributed by atoms with E-state index in [2.05, 4.69) is 0 Å². The number of rotatable bonds is 6. The second-order valence-corrected chi connectivity index (χ2v) is 4.77. The van der Waals surface area contributed by atoms with Gasteiger partial charge in [0.05, 0.1) is 26.9 Å². The number of methoxy groups -OCH3 is 3. The Hall–Kier alpha value is -3.15. The number of phenolic OH excluding ortho intramolecular Hbond substituents is 2. The summed E-state index contributed by atoms with van der Waals surface area (Å²) in [7, 11) is 3.98. The highest BCUT2D eigenvalue weighted by Gasteiger charge is 2.25. The van der Waals surface area contributed by atoms with Crippen LogP contribution < -0.4 is 14.2 Å². The molecule has 0 aliphatic rings. The van der Waals surface area contributed by atoms with Crippen molar-refractivity contribution in [3.8, 4) is 28.7 Å². The zero-order chi connectivity index (χ0) is 17.7. The Kier molecular flexibility index (Phi) is 5.31. The van der Waals surface area contributed by atoms with Crippen LogP contribution in [0.2, 0.25) is 0 Å². The van der Waals surface area contributed by atoms with E-state index >= 15 is 0 Å². The van der Waals surface area contributed by atoms with Crippen LogP contribution in [-0.4, -0.2) is 37.3 Å². The molecule has 0 saturated heterocycles. The van der Waals surface area contributed by atoms with E-state index in [-0.39, 0.29) is 40.1 Å². The van der Waals surface area contributed by atoms with Crippen molar-refractivity contribution >= 4 is 11.9 Å². The molecule has 0 saturated carbocycles. The molecular formula is C18H18O6. The van der Waals surface area contributed by atoms with Gasteiger partial charge < -0.3 is 24.4 Å². The van der Waals surface area contributed by atoms with Gasteiger partial charge in [-0.2, -0.15) is 0 Å². The van der Waals surface area contributed by atoms with E-state index in [4.69, 9.17) is 14.2 Å². The van der Waals surface area contributed by atoms with E-state index < -0.39 is 0 Å². The predicted octanol–water partition coefficient (Wildman–Crippen LogP) is 3.02. The van der Waals surface area contributed by atoms with Crippen molar-refractivity contribution in [1.82, 2.24) is 0 Å². The summed E-state index contributed by atoms with van der Waals surface area (Å²) in [4.78, 5) is 12.2. The van der Waals surface area contributed by atoms with Crippen molar-refractivity contribution in [1.29, 1.82) is 0 Å². The molecule has 0 atom stereocenters. The second-order valence-electron chi connectivity index (χ2n) is 4.77. The normalized spacial score (nSPS) is 10.6. The number of allylic oxidation sites excluding steroid dienone is 1. The maximum absolute atomic E-state index is 12.2. The molecule has 0 aliphatic heterocycles. The highest BCUT2D eigenvalue weighted by molar-refractivity contribution is 6.07. The highest BCUT2D eigenvalue weighted by atomic mass is 16.5. The van der Waals surface area contributed by atoms with E-state index in [1.165, 1.54) is 33.5 Å². The van der Waals surface area contributed by atoms with Crippen LogP contribution in [0.5, 0.6) is 28.7 Å². The first kappa shape index (κ1) is 17.2. The Morgan fingerprint density at radius 3 is 1.96 bits per heavy atom. The molecule has 24 heavy (non-hydrogen) atoms. The summed E-state index contributed by atoms with van der Waals surface area (Å²) in [5.74, 6) is -1.03. The van der Waals surface area contributed by atoms with E-state index in [1.807, 2.05) is 6.07 Å². The number of phenols is 2. The fourth-order valence-corrected chi connectivity index (χ4v) is 2.27. The minimum atomic E-state index is -0.332. The molecule has 2 rings (SSSR count). The summed E-state index contributed by atoms with van der Waals surface area (Å²) < 4.78 is 15.2. The number of hydrogen-bond donors (Lipinski definition) is 2. The van der Waals surface area contributed by atoms with Gasteiger partial charge in [0.15, 0.2) is 17.3 Å². The van der Waals surface area contributed by atoms with Crippen molar-refractivity contribution in [2.45, 2.75) is 0 Å². The molecule has 126 valence electrons. The molecule has 0 aromatic heterocycles. The number of ether oxygens (including phenoxy) is 3.